The summed E-state index contributed by atoms with van der Waals surface area (Å²) in [6.07, 6.45) is 3.51. The molecule has 5 heteroatoms. The van der Waals surface area contributed by atoms with Crippen molar-refractivity contribution in [3.63, 3.8) is 0 Å². The third-order valence-electron chi connectivity index (χ3n) is 3.26. The lowest BCUT2D eigenvalue weighted by atomic mass is 10.0. The third kappa shape index (κ3) is 3.77. The minimum absolute atomic E-state index is 0.796. The molecule has 0 bridgehead atoms. The first-order valence-corrected chi connectivity index (χ1v) is 7.84. The van der Waals surface area contributed by atoms with E-state index in [0.717, 1.165) is 36.3 Å². The molecular weight excluding hydrogens is 244 g/mol. The monoisotopic (exact) mass is 266 g/mol. The van der Waals surface area contributed by atoms with Crippen molar-refractivity contribution in [1.82, 2.24) is 9.97 Å². The standard InChI is InChI=1S/C13H22N4S/c1-3-11-16-12(14-2)8-13(17-11)15-9-10-4-6-18-7-5-10/h8,10H,3-7,9H2,1-2H3,(H2,14,15,16,17). The summed E-state index contributed by atoms with van der Waals surface area (Å²) in [5, 5.41) is 6.55. The van der Waals surface area contributed by atoms with Gasteiger partial charge in [0.1, 0.15) is 17.5 Å². The first-order chi connectivity index (χ1) is 8.81. The summed E-state index contributed by atoms with van der Waals surface area (Å²) in [5.74, 6) is 6.14. The Hall–Kier alpha value is -0.970. The summed E-state index contributed by atoms with van der Waals surface area (Å²) in [6.45, 7) is 3.11. The van der Waals surface area contributed by atoms with Crippen molar-refractivity contribution in [3.8, 4) is 0 Å². The number of hydrogen-bond donors (Lipinski definition) is 2. The van der Waals surface area contributed by atoms with Crippen molar-refractivity contribution < 1.29 is 0 Å². The maximum absolute atomic E-state index is 4.52. The first-order valence-electron chi connectivity index (χ1n) is 6.69. The van der Waals surface area contributed by atoms with Gasteiger partial charge < -0.3 is 10.6 Å². The lowest BCUT2D eigenvalue weighted by Gasteiger charge is -2.21. The number of aromatic nitrogens is 2. The van der Waals surface area contributed by atoms with Crippen LogP contribution >= 0.6 is 11.8 Å². The predicted octanol–water partition coefficient (Wildman–Crippen LogP) is 2.64. The topological polar surface area (TPSA) is 49.8 Å². The van der Waals surface area contributed by atoms with Gasteiger partial charge in [0, 0.05) is 26.1 Å². The van der Waals surface area contributed by atoms with E-state index in [1.54, 1.807) is 0 Å². The Morgan fingerprint density at radius 1 is 1.28 bits per heavy atom. The predicted molar refractivity (Wildman–Crippen MR) is 79.5 cm³/mol. The summed E-state index contributed by atoms with van der Waals surface area (Å²) < 4.78 is 0. The van der Waals surface area contributed by atoms with Gasteiger partial charge in [0.2, 0.25) is 0 Å². The molecule has 0 aromatic carbocycles. The van der Waals surface area contributed by atoms with Gasteiger partial charge in [-0.05, 0) is 30.3 Å². The summed E-state index contributed by atoms with van der Waals surface area (Å²) in [5.41, 5.74) is 0. The highest BCUT2D eigenvalue weighted by atomic mass is 32.2. The van der Waals surface area contributed by atoms with E-state index in [-0.39, 0.29) is 0 Å². The highest BCUT2D eigenvalue weighted by molar-refractivity contribution is 7.99. The van der Waals surface area contributed by atoms with Crippen LogP contribution in [0.2, 0.25) is 0 Å². The van der Waals surface area contributed by atoms with Crippen LogP contribution in [0, 0.1) is 5.92 Å². The number of aryl methyl sites for hydroxylation is 1. The lowest BCUT2D eigenvalue weighted by molar-refractivity contribution is 0.515. The SMILES string of the molecule is CCc1nc(NC)cc(NCC2CCSCC2)n1. The zero-order valence-electron chi connectivity index (χ0n) is 11.2. The Labute approximate surface area is 113 Å². The Kier molecular flexibility index (Phi) is 5.11. The Morgan fingerprint density at radius 3 is 2.67 bits per heavy atom. The average molecular weight is 266 g/mol. The van der Waals surface area contributed by atoms with E-state index in [9.17, 15) is 0 Å². The summed E-state index contributed by atoms with van der Waals surface area (Å²) in [4.78, 5) is 8.92. The number of hydrogen-bond acceptors (Lipinski definition) is 5. The second-order valence-corrected chi connectivity index (χ2v) is 5.82. The van der Waals surface area contributed by atoms with Gasteiger partial charge in [0.05, 0.1) is 0 Å². The van der Waals surface area contributed by atoms with E-state index in [1.807, 2.05) is 13.1 Å². The van der Waals surface area contributed by atoms with Gasteiger partial charge in [-0.1, -0.05) is 6.92 Å². The van der Waals surface area contributed by atoms with Crippen molar-refractivity contribution >= 4 is 23.4 Å². The van der Waals surface area contributed by atoms with Crippen LogP contribution < -0.4 is 10.6 Å². The van der Waals surface area contributed by atoms with Crippen LogP contribution in [0.4, 0.5) is 11.6 Å². The van der Waals surface area contributed by atoms with Crippen molar-refractivity contribution in [2.75, 3.05) is 35.7 Å². The van der Waals surface area contributed by atoms with Crippen molar-refractivity contribution in [2.45, 2.75) is 26.2 Å². The molecule has 2 heterocycles. The van der Waals surface area contributed by atoms with Crippen molar-refractivity contribution in [3.05, 3.63) is 11.9 Å². The van der Waals surface area contributed by atoms with Gasteiger partial charge in [-0.15, -0.1) is 0 Å². The van der Waals surface area contributed by atoms with Gasteiger partial charge in [0.25, 0.3) is 0 Å². The molecule has 2 rings (SSSR count). The third-order valence-corrected chi connectivity index (χ3v) is 4.31. The van der Waals surface area contributed by atoms with E-state index in [1.165, 1.54) is 24.3 Å². The Bertz CT molecular complexity index is 355. The molecule has 0 radical (unpaired) electrons. The zero-order valence-corrected chi connectivity index (χ0v) is 12.0. The van der Waals surface area contributed by atoms with Crippen LogP contribution in [-0.2, 0) is 6.42 Å². The molecule has 0 unspecified atom stereocenters. The molecule has 0 atom stereocenters. The molecule has 0 saturated carbocycles. The molecule has 1 saturated heterocycles. The molecular formula is C13H22N4S. The molecule has 0 aliphatic carbocycles. The number of anilines is 2. The Morgan fingerprint density at radius 2 is 2.00 bits per heavy atom. The van der Waals surface area contributed by atoms with Gasteiger partial charge in [-0.2, -0.15) is 11.8 Å². The van der Waals surface area contributed by atoms with Gasteiger partial charge >= 0.3 is 0 Å². The second kappa shape index (κ2) is 6.83. The van der Waals surface area contributed by atoms with Crippen LogP contribution in [0.3, 0.4) is 0 Å². The molecule has 4 nitrogen and oxygen atoms in total. The van der Waals surface area contributed by atoms with Crippen LogP contribution in [0.1, 0.15) is 25.6 Å². The quantitative estimate of drug-likeness (QED) is 0.858. The summed E-state index contributed by atoms with van der Waals surface area (Å²) in [7, 11) is 1.89. The molecule has 1 aromatic heterocycles. The molecule has 1 aliphatic rings. The van der Waals surface area contributed by atoms with Crippen molar-refractivity contribution in [1.29, 1.82) is 0 Å². The Balaban J connectivity index is 1.94. The minimum Gasteiger partial charge on any atom is -0.373 e. The van der Waals surface area contributed by atoms with Gasteiger partial charge in [0.15, 0.2) is 0 Å². The van der Waals surface area contributed by atoms with E-state index in [4.69, 9.17) is 0 Å². The normalized spacial score (nSPS) is 16.6. The molecule has 18 heavy (non-hydrogen) atoms. The van der Waals surface area contributed by atoms with Gasteiger partial charge in [-0.25, -0.2) is 9.97 Å². The molecule has 1 fully saturated rings. The van der Waals surface area contributed by atoms with Crippen LogP contribution in [0.15, 0.2) is 6.07 Å². The highest BCUT2D eigenvalue weighted by Gasteiger charge is 2.13. The number of nitrogens with one attached hydrogen (secondary N) is 2. The minimum atomic E-state index is 0.796. The molecule has 0 spiro atoms. The van der Waals surface area contributed by atoms with E-state index < -0.39 is 0 Å². The zero-order chi connectivity index (χ0) is 12.8. The largest absolute Gasteiger partial charge is 0.373 e. The average Bonchev–Trinajstić information content (AvgIpc) is 2.45. The first kappa shape index (κ1) is 13.5. The number of rotatable bonds is 5. The molecule has 1 aliphatic heterocycles. The molecule has 2 N–H and O–H groups in total. The van der Waals surface area contributed by atoms with E-state index in [0.29, 0.717) is 0 Å². The maximum atomic E-state index is 4.52. The fourth-order valence-electron chi connectivity index (χ4n) is 2.07. The number of nitrogens with zero attached hydrogens (tertiary/aromatic N) is 2. The molecule has 0 amide bonds. The van der Waals surface area contributed by atoms with Crippen LogP contribution in [0.5, 0.6) is 0 Å². The number of thioether (sulfide) groups is 1. The summed E-state index contributed by atoms with van der Waals surface area (Å²) >= 11 is 2.07. The van der Waals surface area contributed by atoms with Gasteiger partial charge in [-0.3, -0.25) is 0 Å². The fraction of sp³-hybridized carbons (Fsp3) is 0.692. The fourth-order valence-corrected chi connectivity index (χ4v) is 3.28. The molecule has 100 valence electrons. The smallest absolute Gasteiger partial charge is 0.132 e. The lowest BCUT2D eigenvalue weighted by Crippen LogP contribution is -2.20. The highest BCUT2D eigenvalue weighted by Crippen LogP contribution is 2.23. The maximum Gasteiger partial charge on any atom is 0.132 e. The second-order valence-electron chi connectivity index (χ2n) is 4.59. The van der Waals surface area contributed by atoms with Crippen LogP contribution in [-0.4, -0.2) is 35.1 Å². The van der Waals surface area contributed by atoms with Crippen LogP contribution in [0.25, 0.3) is 0 Å². The van der Waals surface area contributed by atoms with E-state index in [2.05, 4.69) is 39.3 Å². The van der Waals surface area contributed by atoms with Crippen molar-refractivity contribution in [2.24, 2.45) is 5.92 Å². The summed E-state index contributed by atoms with van der Waals surface area (Å²) in [6, 6.07) is 1.98. The van der Waals surface area contributed by atoms with E-state index >= 15 is 0 Å². The molecule has 1 aromatic rings.